The maximum absolute atomic E-state index is 11.8. The van der Waals surface area contributed by atoms with Crippen molar-refractivity contribution in [2.24, 2.45) is 0 Å². The number of ether oxygens (including phenoxy) is 2. The van der Waals surface area contributed by atoms with Crippen LogP contribution in [0.25, 0.3) is 0 Å². The van der Waals surface area contributed by atoms with Gasteiger partial charge in [0.2, 0.25) is 0 Å². The number of carbonyl (C=O) groups excluding carboxylic acids is 1. The van der Waals surface area contributed by atoms with Crippen molar-refractivity contribution in [1.29, 1.82) is 0 Å². The zero-order valence-corrected chi connectivity index (χ0v) is 15.0. The van der Waals surface area contributed by atoms with Crippen LogP contribution in [0.1, 0.15) is 24.1 Å². The lowest BCUT2D eigenvalue weighted by Gasteiger charge is -2.27. The minimum Gasteiger partial charge on any atom is -0.493 e. The number of carbonyl (C=O) groups is 2. The Morgan fingerprint density at radius 1 is 1.15 bits per heavy atom. The minimum absolute atomic E-state index is 0.0783. The molecule has 140 valence electrons. The molecule has 0 radical (unpaired) electrons. The van der Waals surface area contributed by atoms with Crippen molar-refractivity contribution < 1.29 is 24.2 Å². The number of carboxylic acid groups (broad SMARTS) is 1. The first-order valence-electron chi connectivity index (χ1n) is 8.36. The predicted molar refractivity (Wildman–Crippen MR) is 98.5 cm³/mol. The molecule has 7 heteroatoms. The number of methoxy groups -OCH3 is 1. The Labute approximate surface area is 156 Å². The highest BCUT2D eigenvalue weighted by Crippen LogP contribution is 2.34. The largest absolute Gasteiger partial charge is 0.493 e. The SMILES string of the molecule is COc1cc(C2NC(=O)NC(C)=C2C(=O)O)ccc1OCc1ccccc1. The number of benzene rings is 2. The summed E-state index contributed by atoms with van der Waals surface area (Å²) in [6.07, 6.45) is 0. The van der Waals surface area contributed by atoms with Crippen LogP contribution in [0.4, 0.5) is 4.79 Å². The lowest BCUT2D eigenvalue weighted by Crippen LogP contribution is -2.45. The second kappa shape index (κ2) is 7.82. The molecule has 2 amide bonds. The molecule has 1 aliphatic rings. The second-order valence-electron chi connectivity index (χ2n) is 6.06. The molecule has 1 heterocycles. The molecule has 2 aromatic rings. The maximum Gasteiger partial charge on any atom is 0.335 e. The van der Waals surface area contributed by atoms with E-state index in [1.165, 1.54) is 7.11 Å². The van der Waals surface area contributed by atoms with E-state index in [1.54, 1.807) is 25.1 Å². The molecule has 0 aliphatic carbocycles. The first kappa shape index (κ1) is 18.3. The molecular weight excluding hydrogens is 348 g/mol. The second-order valence-corrected chi connectivity index (χ2v) is 6.06. The van der Waals surface area contributed by atoms with Gasteiger partial charge in [0.05, 0.1) is 18.7 Å². The van der Waals surface area contributed by atoms with E-state index in [9.17, 15) is 14.7 Å². The monoisotopic (exact) mass is 368 g/mol. The van der Waals surface area contributed by atoms with Crippen molar-refractivity contribution in [1.82, 2.24) is 10.6 Å². The molecule has 0 aromatic heterocycles. The summed E-state index contributed by atoms with van der Waals surface area (Å²) >= 11 is 0. The summed E-state index contributed by atoms with van der Waals surface area (Å²) in [7, 11) is 1.51. The van der Waals surface area contributed by atoms with Gasteiger partial charge in [0.25, 0.3) is 0 Å². The third-order valence-electron chi connectivity index (χ3n) is 4.26. The number of rotatable bonds is 6. The molecule has 0 saturated carbocycles. The van der Waals surface area contributed by atoms with E-state index in [1.807, 2.05) is 30.3 Å². The van der Waals surface area contributed by atoms with Crippen molar-refractivity contribution in [2.45, 2.75) is 19.6 Å². The van der Waals surface area contributed by atoms with Crippen molar-refractivity contribution >= 4 is 12.0 Å². The average molecular weight is 368 g/mol. The molecular formula is C20H20N2O5. The Balaban J connectivity index is 1.88. The number of carboxylic acids is 1. The fraction of sp³-hybridized carbons (Fsp3) is 0.200. The maximum atomic E-state index is 11.8. The fourth-order valence-corrected chi connectivity index (χ4v) is 2.95. The number of allylic oxidation sites excluding steroid dienone is 1. The molecule has 0 saturated heterocycles. The van der Waals surface area contributed by atoms with E-state index < -0.39 is 18.0 Å². The number of nitrogens with one attached hydrogen (secondary N) is 2. The molecule has 1 atom stereocenters. The summed E-state index contributed by atoms with van der Waals surface area (Å²) in [5, 5.41) is 14.6. The normalized spacial score (nSPS) is 16.4. The molecule has 0 spiro atoms. The van der Waals surface area contributed by atoms with E-state index in [0.717, 1.165) is 5.56 Å². The summed E-state index contributed by atoms with van der Waals surface area (Å²) in [4.78, 5) is 23.4. The Bertz CT molecular complexity index is 893. The zero-order chi connectivity index (χ0) is 19.4. The molecule has 1 aliphatic heterocycles. The third-order valence-corrected chi connectivity index (χ3v) is 4.26. The summed E-state index contributed by atoms with van der Waals surface area (Å²) in [6, 6.07) is 13.6. The van der Waals surface area contributed by atoms with Crippen LogP contribution in [0, 0.1) is 0 Å². The predicted octanol–water partition coefficient (Wildman–Crippen LogP) is 2.99. The van der Waals surface area contributed by atoms with Crippen LogP contribution in [0.5, 0.6) is 11.5 Å². The Morgan fingerprint density at radius 2 is 1.89 bits per heavy atom. The van der Waals surface area contributed by atoms with Gasteiger partial charge in [-0.1, -0.05) is 36.4 Å². The summed E-state index contributed by atoms with van der Waals surface area (Å²) in [5.41, 5.74) is 1.99. The first-order chi connectivity index (χ1) is 13.0. The number of hydrogen-bond acceptors (Lipinski definition) is 4. The Morgan fingerprint density at radius 3 is 2.56 bits per heavy atom. The van der Waals surface area contributed by atoms with Gasteiger partial charge < -0.3 is 25.2 Å². The molecule has 27 heavy (non-hydrogen) atoms. The van der Waals surface area contributed by atoms with Gasteiger partial charge >= 0.3 is 12.0 Å². The Kier molecular flexibility index (Phi) is 5.30. The van der Waals surface area contributed by atoms with Crippen molar-refractivity contribution in [3.8, 4) is 11.5 Å². The lowest BCUT2D eigenvalue weighted by molar-refractivity contribution is -0.133. The minimum atomic E-state index is -1.10. The summed E-state index contributed by atoms with van der Waals surface area (Å²) < 4.78 is 11.2. The van der Waals surface area contributed by atoms with Gasteiger partial charge in [-0.25, -0.2) is 9.59 Å². The summed E-state index contributed by atoms with van der Waals surface area (Å²) in [5.74, 6) is -0.116. The highest BCUT2D eigenvalue weighted by Gasteiger charge is 2.31. The van der Waals surface area contributed by atoms with Crippen molar-refractivity contribution in [2.75, 3.05) is 7.11 Å². The van der Waals surface area contributed by atoms with Crippen LogP contribution in [-0.4, -0.2) is 24.2 Å². The van der Waals surface area contributed by atoms with Crippen molar-refractivity contribution in [3.05, 3.63) is 70.9 Å². The molecule has 3 rings (SSSR count). The lowest BCUT2D eigenvalue weighted by atomic mass is 9.95. The molecule has 1 unspecified atom stereocenters. The first-order valence-corrected chi connectivity index (χ1v) is 8.36. The van der Waals surface area contributed by atoms with Crippen LogP contribution < -0.4 is 20.1 Å². The van der Waals surface area contributed by atoms with Gasteiger partial charge in [-0.3, -0.25) is 0 Å². The molecule has 2 aromatic carbocycles. The third kappa shape index (κ3) is 4.03. The van der Waals surface area contributed by atoms with E-state index >= 15 is 0 Å². The van der Waals surface area contributed by atoms with Gasteiger partial charge in [-0.05, 0) is 30.2 Å². The number of aliphatic carboxylic acids is 1. The number of hydrogen-bond donors (Lipinski definition) is 3. The van der Waals surface area contributed by atoms with E-state index in [0.29, 0.717) is 29.4 Å². The molecule has 3 N–H and O–H groups in total. The zero-order valence-electron chi connectivity index (χ0n) is 15.0. The standard InChI is InChI=1S/C20H20N2O5/c1-12-17(19(23)24)18(22-20(25)21-12)14-8-9-15(16(10-14)26-2)27-11-13-6-4-3-5-7-13/h3-10,18H,11H2,1-2H3,(H,23,24)(H2,21,22,25). The van der Waals surface area contributed by atoms with Crippen LogP contribution >= 0.6 is 0 Å². The van der Waals surface area contributed by atoms with Crippen LogP contribution in [-0.2, 0) is 11.4 Å². The highest BCUT2D eigenvalue weighted by atomic mass is 16.5. The smallest absolute Gasteiger partial charge is 0.335 e. The fourth-order valence-electron chi connectivity index (χ4n) is 2.95. The van der Waals surface area contributed by atoms with Gasteiger partial charge in [0.15, 0.2) is 11.5 Å². The van der Waals surface area contributed by atoms with Gasteiger partial charge in [-0.2, -0.15) is 0 Å². The van der Waals surface area contributed by atoms with Gasteiger partial charge in [0.1, 0.15) is 6.61 Å². The number of amides is 2. The van der Waals surface area contributed by atoms with Crippen LogP contribution in [0.15, 0.2) is 59.8 Å². The van der Waals surface area contributed by atoms with Gasteiger partial charge in [0, 0.05) is 5.70 Å². The average Bonchev–Trinajstić information content (AvgIpc) is 2.66. The topological polar surface area (TPSA) is 96.9 Å². The Hall–Kier alpha value is -3.48. The van der Waals surface area contributed by atoms with Crippen molar-refractivity contribution in [3.63, 3.8) is 0 Å². The number of urea groups is 1. The van der Waals surface area contributed by atoms with E-state index in [4.69, 9.17) is 9.47 Å². The van der Waals surface area contributed by atoms with E-state index in [2.05, 4.69) is 10.6 Å². The van der Waals surface area contributed by atoms with Gasteiger partial charge in [-0.15, -0.1) is 0 Å². The van der Waals surface area contributed by atoms with E-state index in [-0.39, 0.29) is 5.57 Å². The summed E-state index contributed by atoms with van der Waals surface area (Å²) in [6.45, 7) is 1.93. The van der Waals surface area contributed by atoms with Crippen LogP contribution in [0.3, 0.4) is 0 Å². The highest BCUT2D eigenvalue weighted by molar-refractivity contribution is 5.93. The molecule has 0 fully saturated rings. The quantitative estimate of drug-likeness (QED) is 0.728. The molecule has 7 nitrogen and oxygen atoms in total. The molecule has 0 bridgehead atoms. The van der Waals surface area contributed by atoms with Crippen LogP contribution in [0.2, 0.25) is 0 Å².